The first kappa shape index (κ1) is 14.6. The summed E-state index contributed by atoms with van der Waals surface area (Å²) in [6, 6.07) is 16.3. The van der Waals surface area contributed by atoms with Crippen molar-refractivity contribution in [2.75, 3.05) is 6.54 Å². The van der Waals surface area contributed by atoms with Crippen LogP contribution >= 0.6 is 11.6 Å². The van der Waals surface area contributed by atoms with Gasteiger partial charge in [-0.2, -0.15) is 0 Å². The number of carbonyl (C=O) groups is 1. The first-order valence-electron chi connectivity index (χ1n) is 6.49. The van der Waals surface area contributed by atoms with Gasteiger partial charge in [-0.15, -0.1) is 0 Å². The van der Waals surface area contributed by atoms with E-state index in [1.807, 2.05) is 54.6 Å². The summed E-state index contributed by atoms with van der Waals surface area (Å²) in [5.41, 5.74) is 7.85. The Hall–Kier alpha value is -1.84. The summed E-state index contributed by atoms with van der Waals surface area (Å²) in [5.74, 6) is -0.162. The van der Waals surface area contributed by atoms with E-state index in [0.717, 1.165) is 17.5 Å². The standard InChI is InChI=1S/C16H17ClN2O/c17-14-8-6-12(7-9-14)10-11-19-16(20)15(18)13-4-2-1-3-5-13/h1-9,15H,10-11,18H2,(H,19,20). The van der Waals surface area contributed by atoms with Crippen molar-refractivity contribution in [3.05, 3.63) is 70.7 Å². The van der Waals surface area contributed by atoms with Crippen LogP contribution in [-0.4, -0.2) is 12.5 Å². The minimum atomic E-state index is -0.624. The van der Waals surface area contributed by atoms with Gasteiger partial charge in [-0.25, -0.2) is 0 Å². The molecule has 2 rings (SSSR count). The van der Waals surface area contributed by atoms with E-state index in [1.54, 1.807) is 0 Å². The van der Waals surface area contributed by atoms with E-state index in [1.165, 1.54) is 0 Å². The van der Waals surface area contributed by atoms with Crippen LogP contribution in [0.25, 0.3) is 0 Å². The van der Waals surface area contributed by atoms with E-state index in [-0.39, 0.29) is 5.91 Å². The molecule has 3 N–H and O–H groups in total. The van der Waals surface area contributed by atoms with Crippen LogP contribution in [-0.2, 0) is 11.2 Å². The summed E-state index contributed by atoms with van der Waals surface area (Å²) in [6.45, 7) is 0.557. The molecule has 104 valence electrons. The van der Waals surface area contributed by atoms with Crippen LogP contribution in [0.3, 0.4) is 0 Å². The van der Waals surface area contributed by atoms with Crippen LogP contribution < -0.4 is 11.1 Å². The number of nitrogens with one attached hydrogen (secondary N) is 1. The molecule has 0 heterocycles. The fourth-order valence-corrected chi connectivity index (χ4v) is 2.03. The number of halogens is 1. The van der Waals surface area contributed by atoms with Crippen LogP contribution in [0.15, 0.2) is 54.6 Å². The Morgan fingerprint density at radius 3 is 2.40 bits per heavy atom. The summed E-state index contributed by atoms with van der Waals surface area (Å²) >= 11 is 5.82. The van der Waals surface area contributed by atoms with E-state index in [9.17, 15) is 4.79 Å². The lowest BCUT2D eigenvalue weighted by atomic mass is 10.1. The van der Waals surface area contributed by atoms with Crippen molar-refractivity contribution < 1.29 is 4.79 Å². The van der Waals surface area contributed by atoms with E-state index in [0.29, 0.717) is 11.6 Å². The first-order valence-corrected chi connectivity index (χ1v) is 6.87. The molecule has 0 fully saturated rings. The van der Waals surface area contributed by atoms with E-state index < -0.39 is 6.04 Å². The Labute approximate surface area is 123 Å². The van der Waals surface area contributed by atoms with Crippen LogP contribution in [0.1, 0.15) is 17.2 Å². The second kappa shape index (κ2) is 7.08. The summed E-state index contributed by atoms with van der Waals surface area (Å²) in [6.07, 6.45) is 0.754. The molecule has 4 heteroatoms. The van der Waals surface area contributed by atoms with Gasteiger partial charge in [0.05, 0.1) is 0 Å². The molecular formula is C16H17ClN2O. The zero-order valence-corrected chi connectivity index (χ0v) is 11.8. The lowest BCUT2D eigenvalue weighted by Crippen LogP contribution is -2.35. The Morgan fingerprint density at radius 1 is 1.10 bits per heavy atom. The third kappa shape index (κ3) is 4.08. The fraction of sp³-hybridized carbons (Fsp3) is 0.188. The highest BCUT2D eigenvalue weighted by atomic mass is 35.5. The SMILES string of the molecule is NC(C(=O)NCCc1ccc(Cl)cc1)c1ccccc1. The van der Waals surface area contributed by atoms with Crippen molar-refractivity contribution in [3.63, 3.8) is 0 Å². The van der Waals surface area contributed by atoms with Gasteiger partial charge in [0.15, 0.2) is 0 Å². The molecule has 1 amide bonds. The van der Waals surface area contributed by atoms with Gasteiger partial charge in [0.25, 0.3) is 0 Å². The molecule has 0 spiro atoms. The first-order chi connectivity index (χ1) is 9.66. The molecule has 0 aliphatic carbocycles. The lowest BCUT2D eigenvalue weighted by molar-refractivity contribution is -0.122. The average molecular weight is 289 g/mol. The quantitative estimate of drug-likeness (QED) is 0.889. The Balaban J connectivity index is 1.82. The second-order valence-electron chi connectivity index (χ2n) is 4.56. The second-order valence-corrected chi connectivity index (χ2v) is 4.99. The van der Waals surface area contributed by atoms with Crippen LogP contribution in [0.4, 0.5) is 0 Å². The van der Waals surface area contributed by atoms with E-state index >= 15 is 0 Å². The Morgan fingerprint density at radius 2 is 1.75 bits per heavy atom. The molecule has 0 aliphatic rings. The van der Waals surface area contributed by atoms with Crippen molar-refractivity contribution in [3.8, 4) is 0 Å². The molecule has 2 aromatic rings. The number of benzene rings is 2. The minimum Gasteiger partial charge on any atom is -0.354 e. The average Bonchev–Trinajstić information content (AvgIpc) is 2.49. The predicted octanol–water partition coefficient (Wildman–Crippen LogP) is 2.70. The molecule has 0 aliphatic heterocycles. The highest BCUT2D eigenvalue weighted by Gasteiger charge is 2.14. The molecule has 3 nitrogen and oxygen atoms in total. The number of nitrogens with two attached hydrogens (primary N) is 1. The van der Waals surface area contributed by atoms with Crippen LogP contribution in [0.5, 0.6) is 0 Å². The molecule has 1 atom stereocenters. The van der Waals surface area contributed by atoms with E-state index in [2.05, 4.69) is 5.32 Å². The Bertz CT molecular complexity index is 554. The topological polar surface area (TPSA) is 55.1 Å². The van der Waals surface area contributed by atoms with Gasteiger partial charge in [0, 0.05) is 11.6 Å². The molecular weight excluding hydrogens is 272 g/mol. The normalized spacial score (nSPS) is 11.9. The van der Waals surface area contributed by atoms with Crippen molar-refractivity contribution in [2.24, 2.45) is 5.73 Å². The summed E-state index contributed by atoms with van der Waals surface area (Å²) < 4.78 is 0. The highest BCUT2D eigenvalue weighted by Crippen LogP contribution is 2.11. The van der Waals surface area contributed by atoms with Crippen LogP contribution in [0, 0.1) is 0 Å². The molecule has 0 radical (unpaired) electrons. The predicted molar refractivity (Wildman–Crippen MR) is 81.5 cm³/mol. The largest absolute Gasteiger partial charge is 0.354 e. The van der Waals surface area contributed by atoms with Gasteiger partial charge in [-0.1, -0.05) is 54.1 Å². The number of carbonyl (C=O) groups excluding carboxylic acids is 1. The third-order valence-corrected chi connectivity index (χ3v) is 3.32. The van der Waals surface area contributed by atoms with Crippen molar-refractivity contribution >= 4 is 17.5 Å². The number of hydrogen-bond donors (Lipinski definition) is 2. The van der Waals surface area contributed by atoms with Gasteiger partial charge >= 0.3 is 0 Å². The molecule has 0 saturated carbocycles. The van der Waals surface area contributed by atoms with Gasteiger partial charge < -0.3 is 11.1 Å². The lowest BCUT2D eigenvalue weighted by Gasteiger charge is -2.12. The van der Waals surface area contributed by atoms with Crippen molar-refractivity contribution in [1.82, 2.24) is 5.32 Å². The Kier molecular flexibility index (Phi) is 5.16. The maximum Gasteiger partial charge on any atom is 0.241 e. The van der Waals surface area contributed by atoms with Gasteiger partial charge in [0.2, 0.25) is 5.91 Å². The summed E-state index contributed by atoms with van der Waals surface area (Å²) in [4.78, 5) is 11.9. The van der Waals surface area contributed by atoms with Gasteiger partial charge in [0.1, 0.15) is 6.04 Å². The zero-order valence-electron chi connectivity index (χ0n) is 11.1. The molecule has 0 saturated heterocycles. The maximum absolute atomic E-state index is 11.9. The highest BCUT2D eigenvalue weighted by molar-refractivity contribution is 6.30. The molecule has 20 heavy (non-hydrogen) atoms. The van der Waals surface area contributed by atoms with Gasteiger partial charge in [-0.05, 0) is 29.7 Å². The minimum absolute atomic E-state index is 0.162. The number of hydrogen-bond acceptors (Lipinski definition) is 2. The summed E-state index contributed by atoms with van der Waals surface area (Å²) in [7, 11) is 0. The van der Waals surface area contributed by atoms with Crippen molar-refractivity contribution in [1.29, 1.82) is 0 Å². The maximum atomic E-state index is 11.9. The smallest absolute Gasteiger partial charge is 0.241 e. The number of amides is 1. The molecule has 0 aromatic heterocycles. The molecule has 0 bridgehead atoms. The molecule has 1 unspecified atom stereocenters. The monoisotopic (exact) mass is 288 g/mol. The fourth-order valence-electron chi connectivity index (χ4n) is 1.90. The number of rotatable bonds is 5. The van der Waals surface area contributed by atoms with Crippen molar-refractivity contribution in [2.45, 2.75) is 12.5 Å². The van der Waals surface area contributed by atoms with Crippen LogP contribution in [0.2, 0.25) is 5.02 Å². The molecule has 2 aromatic carbocycles. The van der Waals surface area contributed by atoms with E-state index in [4.69, 9.17) is 17.3 Å². The zero-order chi connectivity index (χ0) is 14.4. The van der Waals surface area contributed by atoms with Gasteiger partial charge in [-0.3, -0.25) is 4.79 Å². The third-order valence-electron chi connectivity index (χ3n) is 3.07. The summed E-state index contributed by atoms with van der Waals surface area (Å²) in [5, 5.41) is 3.56.